The molecule has 3 heteroatoms. The number of hydrogen-bond donors (Lipinski definition) is 0. The minimum Gasteiger partial charge on any atom is -0.497 e. The first-order valence-corrected chi connectivity index (χ1v) is 5.22. The fraction of sp³-hybridized carbons (Fsp3) is 0.154. The van der Waals surface area contributed by atoms with Gasteiger partial charge in [-0.25, -0.2) is 4.98 Å². The van der Waals surface area contributed by atoms with E-state index >= 15 is 0 Å². The van der Waals surface area contributed by atoms with E-state index in [4.69, 9.17) is 4.74 Å². The summed E-state index contributed by atoms with van der Waals surface area (Å²) < 4.78 is 7.27. The number of allylic oxidation sites excluding steroid dienone is 1. The lowest BCUT2D eigenvalue weighted by molar-refractivity contribution is 0.414. The number of benzene rings is 1. The fourth-order valence-electron chi connectivity index (χ4n) is 2.02. The molecule has 0 bridgehead atoms. The number of imidazole rings is 1. The van der Waals surface area contributed by atoms with E-state index in [1.54, 1.807) is 13.3 Å². The summed E-state index contributed by atoms with van der Waals surface area (Å²) in [5.74, 6) is 0.905. The molecule has 0 atom stereocenters. The highest BCUT2D eigenvalue weighted by Crippen LogP contribution is 2.30. The third-order valence-corrected chi connectivity index (χ3v) is 2.88. The summed E-state index contributed by atoms with van der Waals surface area (Å²) in [5, 5.41) is 0. The van der Waals surface area contributed by atoms with Crippen LogP contribution >= 0.6 is 0 Å². The van der Waals surface area contributed by atoms with Crippen LogP contribution in [-0.2, 0) is 6.42 Å². The Morgan fingerprint density at radius 1 is 1.38 bits per heavy atom. The fourth-order valence-corrected chi connectivity index (χ4v) is 2.02. The monoisotopic (exact) mass is 212 g/mol. The van der Waals surface area contributed by atoms with E-state index in [1.165, 1.54) is 16.8 Å². The van der Waals surface area contributed by atoms with Gasteiger partial charge in [-0.05, 0) is 29.3 Å². The highest BCUT2D eigenvalue weighted by atomic mass is 16.5. The quantitative estimate of drug-likeness (QED) is 0.764. The summed E-state index contributed by atoms with van der Waals surface area (Å²) in [6.45, 7) is 0. The molecule has 1 aromatic heterocycles. The van der Waals surface area contributed by atoms with Crippen molar-refractivity contribution in [3.05, 3.63) is 48.0 Å². The lowest BCUT2D eigenvalue weighted by atomic mass is 10.1. The van der Waals surface area contributed by atoms with Gasteiger partial charge in [-0.3, -0.25) is 0 Å². The Morgan fingerprint density at radius 3 is 3.06 bits per heavy atom. The Kier molecular flexibility index (Phi) is 2.03. The van der Waals surface area contributed by atoms with Gasteiger partial charge in [0.1, 0.15) is 5.75 Å². The Morgan fingerprint density at radius 2 is 2.31 bits per heavy atom. The smallest absolute Gasteiger partial charge is 0.119 e. The van der Waals surface area contributed by atoms with Gasteiger partial charge in [-0.15, -0.1) is 0 Å². The molecule has 0 spiro atoms. The molecule has 0 radical (unpaired) electrons. The van der Waals surface area contributed by atoms with Gasteiger partial charge < -0.3 is 9.30 Å². The number of methoxy groups -OCH3 is 1. The van der Waals surface area contributed by atoms with Crippen LogP contribution in [0.1, 0.15) is 11.1 Å². The molecule has 1 aliphatic carbocycles. The van der Waals surface area contributed by atoms with Crippen LogP contribution < -0.4 is 4.74 Å². The van der Waals surface area contributed by atoms with Crippen molar-refractivity contribution in [1.82, 2.24) is 9.55 Å². The van der Waals surface area contributed by atoms with Crippen molar-refractivity contribution in [3.63, 3.8) is 0 Å². The molecule has 1 aromatic carbocycles. The minimum absolute atomic E-state index is 0.905. The zero-order chi connectivity index (χ0) is 11.0. The lowest BCUT2D eigenvalue weighted by Crippen LogP contribution is -1.92. The van der Waals surface area contributed by atoms with Crippen molar-refractivity contribution < 1.29 is 4.74 Å². The predicted octanol–water partition coefficient (Wildman–Crippen LogP) is 2.45. The number of fused-ring (bicyclic) bond motifs is 1. The van der Waals surface area contributed by atoms with Crippen LogP contribution in [-0.4, -0.2) is 16.7 Å². The van der Waals surface area contributed by atoms with Crippen LogP contribution in [0, 0.1) is 0 Å². The zero-order valence-corrected chi connectivity index (χ0v) is 9.05. The van der Waals surface area contributed by atoms with E-state index in [0.717, 1.165) is 12.2 Å². The number of nitrogens with zero attached hydrogens (tertiary/aromatic N) is 2. The van der Waals surface area contributed by atoms with Gasteiger partial charge in [-0.2, -0.15) is 0 Å². The van der Waals surface area contributed by atoms with Crippen molar-refractivity contribution >= 4 is 11.8 Å². The van der Waals surface area contributed by atoms with Crippen molar-refractivity contribution in [1.29, 1.82) is 0 Å². The van der Waals surface area contributed by atoms with Crippen LogP contribution in [0.2, 0.25) is 0 Å². The van der Waals surface area contributed by atoms with E-state index in [9.17, 15) is 0 Å². The molecule has 16 heavy (non-hydrogen) atoms. The molecule has 0 fully saturated rings. The van der Waals surface area contributed by atoms with E-state index in [0.29, 0.717) is 0 Å². The van der Waals surface area contributed by atoms with E-state index in [-0.39, 0.29) is 0 Å². The molecule has 3 nitrogen and oxygen atoms in total. The molecule has 2 aromatic rings. The molecular formula is C13H12N2O. The maximum atomic E-state index is 5.22. The van der Waals surface area contributed by atoms with Crippen molar-refractivity contribution in [2.75, 3.05) is 7.11 Å². The maximum absolute atomic E-state index is 5.22. The Hall–Kier alpha value is -2.03. The normalized spacial score (nSPS) is 13.4. The Labute approximate surface area is 94.0 Å². The second kappa shape index (κ2) is 3.52. The average molecular weight is 212 g/mol. The van der Waals surface area contributed by atoms with Crippen LogP contribution in [0.15, 0.2) is 36.9 Å². The molecule has 0 unspecified atom stereocenters. The average Bonchev–Trinajstić information content (AvgIpc) is 2.96. The van der Waals surface area contributed by atoms with Gasteiger partial charge in [0.25, 0.3) is 0 Å². The first kappa shape index (κ1) is 9.21. The van der Waals surface area contributed by atoms with Gasteiger partial charge in [0.15, 0.2) is 0 Å². The van der Waals surface area contributed by atoms with E-state index < -0.39 is 0 Å². The maximum Gasteiger partial charge on any atom is 0.119 e. The molecule has 1 aliphatic rings. The predicted molar refractivity (Wildman–Crippen MR) is 63.1 cm³/mol. The van der Waals surface area contributed by atoms with Crippen molar-refractivity contribution in [2.45, 2.75) is 6.42 Å². The first-order valence-electron chi connectivity index (χ1n) is 5.22. The lowest BCUT2D eigenvalue weighted by Gasteiger charge is -2.03. The van der Waals surface area contributed by atoms with Crippen LogP contribution in [0.3, 0.4) is 0 Å². The molecule has 0 aliphatic heterocycles. The van der Waals surface area contributed by atoms with E-state index in [2.05, 4.69) is 23.2 Å². The Bertz CT molecular complexity index is 541. The number of ether oxygens (including phenoxy) is 1. The summed E-state index contributed by atoms with van der Waals surface area (Å²) in [6, 6.07) is 6.19. The van der Waals surface area contributed by atoms with Crippen LogP contribution in [0.5, 0.6) is 5.75 Å². The molecule has 0 amide bonds. The molecule has 1 heterocycles. The highest BCUT2D eigenvalue weighted by molar-refractivity contribution is 5.80. The van der Waals surface area contributed by atoms with Gasteiger partial charge >= 0.3 is 0 Å². The van der Waals surface area contributed by atoms with Gasteiger partial charge in [-0.1, -0.05) is 6.07 Å². The molecule has 0 saturated heterocycles. The number of aromatic nitrogens is 2. The first-order chi connectivity index (χ1) is 7.86. The number of rotatable bonds is 2. The van der Waals surface area contributed by atoms with Crippen molar-refractivity contribution in [3.8, 4) is 5.75 Å². The summed E-state index contributed by atoms with van der Waals surface area (Å²) in [4.78, 5) is 4.06. The molecular weight excluding hydrogens is 200 g/mol. The van der Waals surface area contributed by atoms with Gasteiger partial charge in [0, 0.05) is 24.5 Å². The third-order valence-electron chi connectivity index (χ3n) is 2.88. The molecule has 0 N–H and O–H groups in total. The van der Waals surface area contributed by atoms with Crippen LogP contribution in [0.25, 0.3) is 11.8 Å². The minimum atomic E-state index is 0.905. The van der Waals surface area contributed by atoms with Crippen LogP contribution in [0.4, 0.5) is 0 Å². The summed E-state index contributed by atoms with van der Waals surface area (Å²) >= 11 is 0. The Balaban J connectivity index is 1.99. The SMILES string of the molecule is COc1ccc2c(c1)C=C(n1ccnc1)C2. The highest BCUT2D eigenvalue weighted by Gasteiger charge is 2.14. The van der Waals surface area contributed by atoms with Gasteiger partial charge in [0.2, 0.25) is 0 Å². The second-order valence-corrected chi connectivity index (χ2v) is 3.85. The topological polar surface area (TPSA) is 27.1 Å². The standard InChI is InChI=1S/C13H12N2O/c1-16-13-3-2-10-6-12(7-11(10)8-13)15-5-4-14-9-15/h2-5,7-9H,6H2,1H3. The molecule has 0 saturated carbocycles. The molecule has 80 valence electrons. The second-order valence-electron chi connectivity index (χ2n) is 3.85. The van der Waals surface area contributed by atoms with Crippen molar-refractivity contribution in [2.24, 2.45) is 0 Å². The summed E-state index contributed by atoms with van der Waals surface area (Å²) in [5.41, 5.74) is 3.83. The number of hydrogen-bond acceptors (Lipinski definition) is 2. The largest absolute Gasteiger partial charge is 0.497 e. The van der Waals surface area contributed by atoms with Gasteiger partial charge in [0.05, 0.1) is 13.4 Å². The zero-order valence-electron chi connectivity index (χ0n) is 9.05. The van der Waals surface area contributed by atoms with E-state index in [1.807, 2.05) is 23.2 Å². The summed E-state index contributed by atoms with van der Waals surface area (Å²) in [7, 11) is 1.69. The summed E-state index contributed by atoms with van der Waals surface area (Å²) in [6.07, 6.45) is 8.73. The third kappa shape index (κ3) is 1.41. The molecule has 3 rings (SSSR count).